The maximum Gasteiger partial charge on any atom is 0.325 e. The molecule has 0 unspecified atom stereocenters. The van der Waals surface area contributed by atoms with E-state index in [2.05, 4.69) is 5.32 Å². The SMILES string of the molecule is O=C(CNC(=O)C12CC3CC(CC(C3)C1)C2)OCCOc1ccc(Cl)cc1Cl. The molecule has 0 aliphatic heterocycles. The summed E-state index contributed by atoms with van der Waals surface area (Å²) in [7, 11) is 0. The smallest absolute Gasteiger partial charge is 0.325 e. The number of carbonyl (C=O) groups excluding carboxylic acids is 2. The van der Waals surface area contributed by atoms with Crippen LogP contribution in [0.25, 0.3) is 0 Å². The van der Waals surface area contributed by atoms with Crippen molar-refractivity contribution in [3.63, 3.8) is 0 Å². The number of hydrogen-bond donors (Lipinski definition) is 1. The molecule has 1 aromatic rings. The second-order valence-electron chi connectivity index (χ2n) is 8.52. The van der Waals surface area contributed by atoms with Gasteiger partial charge in [0.25, 0.3) is 0 Å². The van der Waals surface area contributed by atoms with E-state index in [-0.39, 0.29) is 31.1 Å². The molecule has 0 atom stereocenters. The number of rotatable bonds is 7. The zero-order valence-electron chi connectivity index (χ0n) is 15.7. The molecule has 0 heterocycles. The van der Waals surface area contributed by atoms with Crippen LogP contribution in [0.5, 0.6) is 5.75 Å². The van der Waals surface area contributed by atoms with Crippen LogP contribution in [-0.4, -0.2) is 31.6 Å². The fourth-order valence-electron chi connectivity index (χ4n) is 5.68. The molecule has 152 valence electrons. The van der Waals surface area contributed by atoms with Crippen molar-refractivity contribution in [3.05, 3.63) is 28.2 Å². The average molecular weight is 426 g/mol. The van der Waals surface area contributed by atoms with Crippen LogP contribution in [0.3, 0.4) is 0 Å². The lowest BCUT2D eigenvalue weighted by molar-refractivity contribution is -0.151. The largest absolute Gasteiger partial charge is 0.488 e. The predicted molar refractivity (Wildman–Crippen MR) is 107 cm³/mol. The Bertz CT molecular complexity index is 731. The molecule has 1 amide bonds. The number of halogens is 2. The first-order valence-corrected chi connectivity index (χ1v) is 10.7. The Morgan fingerprint density at radius 2 is 1.68 bits per heavy atom. The van der Waals surface area contributed by atoms with E-state index in [1.807, 2.05) is 0 Å². The summed E-state index contributed by atoms with van der Waals surface area (Å²) in [6, 6.07) is 4.93. The third-order valence-electron chi connectivity index (χ3n) is 6.41. The molecule has 4 aliphatic carbocycles. The zero-order chi connectivity index (χ0) is 19.7. The Balaban J connectivity index is 1.18. The van der Waals surface area contributed by atoms with E-state index in [1.165, 1.54) is 19.3 Å². The molecule has 5 rings (SSSR count). The van der Waals surface area contributed by atoms with E-state index >= 15 is 0 Å². The topological polar surface area (TPSA) is 64.6 Å². The van der Waals surface area contributed by atoms with Gasteiger partial charge in [0, 0.05) is 10.4 Å². The van der Waals surface area contributed by atoms with Gasteiger partial charge in [-0.1, -0.05) is 23.2 Å². The number of amides is 1. The summed E-state index contributed by atoms with van der Waals surface area (Å²) in [5, 5.41) is 3.75. The van der Waals surface area contributed by atoms with Gasteiger partial charge in [-0.25, -0.2) is 0 Å². The number of ether oxygens (including phenoxy) is 2. The Morgan fingerprint density at radius 1 is 1.04 bits per heavy atom. The molecular weight excluding hydrogens is 401 g/mol. The first-order valence-electron chi connectivity index (χ1n) is 9.95. The van der Waals surface area contributed by atoms with Crippen molar-refractivity contribution >= 4 is 35.1 Å². The normalized spacial score (nSPS) is 30.1. The third kappa shape index (κ3) is 4.25. The molecule has 0 aromatic heterocycles. The van der Waals surface area contributed by atoms with Crippen molar-refractivity contribution in [3.8, 4) is 5.75 Å². The van der Waals surface area contributed by atoms with Gasteiger partial charge in [0.2, 0.25) is 5.91 Å². The van der Waals surface area contributed by atoms with Crippen molar-refractivity contribution in [2.24, 2.45) is 23.2 Å². The fraction of sp³-hybridized carbons (Fsp3) is 0.619. The first kappa shape index (κ1) is 19.8. The van der Waals surface area contributed by atoms with E-state index in [4.69, 9.17) is 32.7 Å². The van der Waals surface area contributed by atoms with Gasteiger partial charge in [-0.05, 0) is 74.5 Å². The van der Waals surface area contributed by atoms with Crippen LogP contribution in [-0.2, 0) is 14.3 Å². The Labute approximate surface area is 175 Å². The molecule has 4 fully saturated rings. The fourth-order valence-corrected chi connectivity index (χ4v) is 6.14. The van der Waals surface area contributed by atoms with Gasteiger partial charge in [0.05, 0.1) is 5.02 Å². The van der Waals surface area contributed by atoms with E-state index in [0.29, 0.717) is 33.5 Å². The summed E-state index contributed by atoms with van der Waals surface area (Å²) in [5.41, 5.74) is -0.247. The summed E-state index contributed by atoms with van der Waals surface area (Å²) in [4.78, 5) is 24.8. The molecule has 0 saturated heterocycles. The van der Waals surface area contributed by atoms with Crippen LogP contribution in [0, 0.1) is 23.2 Å². The van der Waals surface area contributed by atoms with Crippen LogP contribution in [0.2, 0.25) is 10.0 Å². The lowest BCUT2D eigenvalue weighted by atomic mass is 9.49. The quantitative estimate of drug-likeness (QED) is 0.523. The lowest BCUT2D eigenvalue weighted by Crippen LogP contribution is -2.54. The molecule has 1 N–H and O–H groups in total. The Hall–Kier alpha value is -1.46. The minimum atomic E-state index is -0.455. The third-order valence-corrected chi connectivity index (χ3v) is 6.94. The number of hydrogen-bond acceptors (Lipinski definition) is 4. The lowest BCUT2D eigenvalue weighted by Gasteiger charge is -2.55. The Morgan fingerprint density at radius 3 is 2.29 bits per heavy atom. The molecule has 1 aromatic carbocycles. The maximum atomic E-state index is 12.8. The van der Waals surface area contributed by atoms with Gasteiger partial charge in [0.15, 0.2) is 0 Å². The summed E-state index contributed by atoms with van der Waals surface area (Å²) >= 11 is 11.9. The van der Waals surface area contributed by atoms with E-state index in [1.54, 1.807) is 18.2 Å². The molecule has 4 bridgehead atoms. The number of esters is 1. The van der Waals surface area contributed by atoms with Gasteiger partial charge >= 0.3 is 5.97 Å². The summed E-state index contributed by atoms with van der Waals surface area (Å²) in [5.74, 6) is 2.15. The number of benzene rings is 1. The predicted octanol–water partition coefficient (Wildman–Crippen LogP) is 4.25. The van der Waals surface area contributed by atoms with Gasteiger partial charge in [-0.2, -0.15) is 0 Å². The monoisotopic (exact) mass is 425 g/mol. The van der Waals surface area contributed by atoms with Crippen LogP contribution in [0.4, 0.5) is 0 Å². The van der Waals surface area contributed by atoms with Crippen LogP contribution in [0.1, 0.15) is 38.5 Å². The van der Waals surface area contributed by atoms with Crippen LogP contribution >= 0.6 is 23.2 Å². The van der Waals surface area contributed by atoms with Crippen LogP contribution < -0.4 is 10.1 Å². The highest BCUT2D eigenvalue weighted by Crippen LogP contribution is 2.60. The maximum absolute atomic E-state index is 12.8. The van der Waals surface area contributed by atoms with E-state index in [9.17, 15) is 9.59 Å². The molecule has 4 aliphatic rings. The minimum absolute atomic E-state index is 0.0350. The summed E-state index contributed by atoms with van der Waals surface area (Å²) in [6.07, 6.45) is 6.80. The van der Waals surface area contributed by atoms with Crippen molar-refractivity contribution in [1.29, 1.82) is 0 Å². The number of carbonyl (C=O) groups is 2. The van der Waals surface area contributed by atoms with Gasteiger partial charge in [-0.15, -0.1) is 0 Å². The highest BCUT2D eigenvalue weighted by Gasteiger charge is 2.54. The second-order valence-corrected chi connectivity index (χ2v) is 9.37. The van der Waals surface area contributed by atoms with Crippen molar-refractivity contribution in [1.82, 2.24) is 5.32 Å². The average Bonchev–Trinajstić information content (AvgIpc) is 2.63. The molecule has 5 nitrogen and oxygen atoms in total. The van der Waals surface area contributed by atoms with E-state index in [0.717, 1.165) is 19.3 Å². The second kappa shape index (κ2) is 8.11. The minimum Gasteiger partial charge on any atom is -0.488 e. The highest BCUT2D eigenvalue weighted by atomic mass is 35.5. The van der Waals surface area contributed by atoms with Gasteiger partial charge < -0.3 is 14.8 Å². The summed E-state index contributed by atoms with van der Waals surface area (Å²) < 4.78 is 10.6. The standard InChI is InChI=1S/C21H25Cl2NO4/c22-16-1-2-18(17(23)8-16)27-3-4-28-19(25)12-24-20(26)21-9-13-5-14(10-21)7-15(6-13)11-21/h1-2,8,13-15H,3-7,9-12H2,(H,24,26). The molecule has 0 radical (unpaired) electrons. The highest BCUT2D eigenvalue weighted by molar-refractivity contribution is 6.35. The zero-order valence-corrected chi connectivity index (χ0v) is 17.2. The van der Waals surface area contributed by atoms with Crippen LogP contribution in [0.15, 0.2) is 18.2 Å². The van der Waals surface area contributed by atoms with Gasteiger partial charge in [-0.3, -0.25) is 9.59 Å². The van der Waals surface area contributed by atoms with Crippen molar-refractivity contribution < 1.29 is 19.1 Å². The molecule has 4 saturated carbocycles. The number of nitrogens with one attached hydrogen (secondary N) is 1. The molecular formula is C21H25Cl2NO4. The molecule has 7 heteroatoms. The Kier molecular flexibility index (Phi) is 5.75. The molecule has 0 spiro atoms. The van der Waals surface area contributed by atoms with Gasteiger partial charge in [0.1, 0.15) is 25.5 Å². The molecule has 28 heavy (non-hydrogen) atoms. The first-order chi connectivity index (χ1) is 13.4. The van der Waals surface area contributed by atoms with Crippen molar-refractivity contribution in [2.45, 2.75) is 38.5 Å². The summed E-state index contributed by atoms with van der Waals surface area (Å²) in [6.45, 7) is 0.170. The van der Waals surface area contributed by atoms with E-state index < -0.39 is 5.97 Å². The van der Waals surface area contributed by atoms with Crippen molar-refractivity contribution in [2.75, 3.05) is 19.8 Å².